The number of rotatable bonds is 3. The molecule has 0 saturated heterocycles. The molecule has 0 aliphatic carbocycles. The summed E-state index contributed by atoms with van der Waals surface area (Å²) in [6.45, 7) is 1.60. The van der Waals surface area contributed by atoms with E-state index in [2.05, 4.69) is 9.97 Å². The maximum atomic E-state index is 10.8. The maximum Gasteiger partial charge on any atom is 0.323 e. The Labute approximate surface area is 102 Å². The van der Waals surface area contributed by atoms with Crippen LogP contribution in [0.4, 0.5) is 11.5 Å². The average Bonchev–Trinajstić information content (AvgIpc) is 2.31. The molecule has 1 aromatic heterocycles. The Morgan fingerprint density at radius 3 is 2.83 bits per heavy atom. The van der Waals surface area contributed by atoms with Gasteiger partial charge in [0.2, 0.25) is 0 Å². The third kappa shape index (κ3) is 2.34. The van der Waals surface area contributed by atoms with Gasteiger partial charge in [0.25, 0.3) is 5.69 Å². The second-order valence-electron chi connectivity index (χ2n) is 3.52. The van der Waals surface area contributed by atoms with Crippen molar-refractivity contribution in [3.8, 4) is 11.8 Å². The Balaban J connectivity index is 2.35. The predicted molar refractivity (Wildman–Crippen MR) is 64.4 cm³/mol. The molecule has 2 N–H and O–H groups in total. The van der Waals surface area contributed by atoms with Crippen molar-refractivity contribution >= 4 is 11.5 Å². The molecule has 0 unspecified atom stereocenters. The molecule has 1 heterocycles. The number of hydrogen-bond acceptors (Lipinski definition) is 6. The van der Waals surface area contributed by atoms with E-state index in [0.29, 0.717) is 11.3 Å². The number of ether oxygens (including phenoxy) is 1. The number of hydrogen-bond donors (Lipinski definition) is 1. The van der Waals surface area contributed by atoms with E-state index in [1.165, 1.54) is 24.4 Å². The Kier molecular flexibility index (Phi) is 3.05. The van der Waals surface area contributed by atoms with Gasteiger partial charge < -0.3 is 10.5 Å². The minimum atomic E-state index is -0.470. The van der Waals surface area contributed by atoms with E-state index in [-0.39, 0.29) is 17.5 Å². The van der Waals surface area contributed by atoms with Crippen LogP contribution in [-0.2, 0) is 0 Å². The zero-order chi connectivity index (χ0) is 13.1. The highest BCUT2D eigenvalue weighted by Crippen LogP contribution is 2.29. The van der Waals surface area contributed by atoms with Crippen molar-refractivity contribution in [1.29, 1.82) is 0 Å². The number of anilines is 1. The quantitative estimate of drug-likeness (QED) is 0.656. The van der Waals surface area contributed by atoms with Crippen molar-refractivity contribution in [1.82, 2.24) is 9.97 Å². The fourth-order valence-corrected chi connectivity index (χ4v) is 1.41. The lowest BCUT2D eigenvalue weighted by atomic mass is 10.2. The first-order valence-electron chi connectivity index (χ1n) is 5.08. The van der Waals surface area contributed by atoms with Gasteiger partial charge in [-0.15, -0.1) is 0 Å². The molecule has 7 nitrogen and oxygen atoms in total. The summed E-state index contributed by atoms with van der Waals surface area (Å²) in [4.78, 5) is 18.0. The Morgan fingerprint density at radius 2 is 2.17 bits per heavy atom. The SMILES string of the molecule is Cc1c(Oc2nccc(N)n2)cccc1[N+](=O)[O-]. The number of benzene rings is 1. The number of nitro groups is 1. The van der Waals surface area contributed by atoms with Crippen molar-refractivity contribution < 1.29 is 9.66 Å². The van der Waals surface area contributed by atoms with Gasteiger partial charge in [-0.2, -0.15) is 4.98 Å². The monoisotopic (exact) mass is 246 g/mol. The first-order valence-corrected chi connectivity index (χ1v) is 5.08. The Morgan fingerprint density at radius 1 is 1.39 bits per heavy atom. The Bertz CT molecular complexity index is 601. The molecule has 2 aromatic rings. The van der Waals surface area contributed by atoms with Gasteiger partial charge in [-0.05, 0) is 19.1 Å². The van der Waals surface area contributed by atoms with E-state index < -0.39 is 4.92 Å². The molecule has 0 amide bonds. The van der Waals surface area contributed by atoms with Gasteiger partial charge in [-0.1, -0.05) is 6.07 Å². The molecule has 0 fully saturated rings. The zero-order valence-electron chi connectivity index (χ0n) is 9.53. The van der Waals surface area contributed by atoms with E-state index >= 15 is 0 Å². The third-order valence-electron chi connectivity index (χ3n) is 2.31. The van der Waals surface area contributed by atoms with Crippen LogP contribution in [0.2, 0.25) is 0 Å². The summed E-state index contributed by atoms with van der Waals surface area (Å²) in [6.07, 6.45) is 1.45. The van der Waals surface area contributed by atoms with Gasteiger partial charge in [0.1, 0.15) is 11.6 Å². The first kappa shape index (κ1) is 11.8. The standard InChI is InChI=1S/C11H10N4O3/c1-7-8(15(16)17)3-2-4-9(7)18-11-13-6-5-10(12)14-11/h2-6H,1H3,(H2,12,13,14). The van der Waals surface area contributed by atoms with Crippen molar-refractivity contribution in [3.63, 3.8) is 0 Å². The largest absolute Gasteiger partial charge is 0.424 e. The summed E-state index contributed by atoms with van der Waals surface area (Å²) in [6, 6.07) is 6.12. The van der Waals surface area contributed by atoms with E-state index in [4.69, 9.17) is 10.5 Å². The van der Waals surface area contributed by atoms with Gasteiger partial charge in [0.15, 0.2) is 0 Å². The van der Waals surface area contributed by atoms with Crippen LogP contribution in [0.15, 0.2) is 30.5 Å². The van der Waals surface area contributed by atoms with Crippen molar-refractivity contribution in [2.24, 2.45) is 0 Å². The molecule has 1 aromatic carbocycles. The molecule has 0 aliphatic heterocycles. The van der Waals surface area contributed by atoms with Crippen LogP contribution in [0, 0.1) is 17.0 Å². The van der Waals surface area contributed by atoms with Gasteiger partial charge in [0.05, 0.1) is 10.5 Å². The maximum absolute atomic E-state index is 10.8. The lowest BCUT2D eigenvalue weighted by Crippen LogP contribution is -1.98. The van der Waals surface area contributed by atoms with E-state index in [1.807, 2.05) is 0 Å². The van der Waals surface area contributed by atoms with Crippen LogP contribution in [0.3, 0.4) is 0 Å². The van der Waals surface area contributed by atoms with Crippen LogP contribution in [0.5, 0.6) is 11.8 Å². The molecule has 0 atom stereocenters. The molecule has 7 heteroatoms. The fourth-order valence-electron chi connectivity index (χ4n) is 1.41. The highest BCUT2D eigenvalue weighted by molar-refractivity contribution is 5.49. The van der Waals surface area contributed by atoms with E-state index in [1.54, 1.807) is 13.0 Å². The second kappa shape index (κ2) is 4.66. The summed E-state index contributed by atoms with van der Waals surface area (Å²) in [5.41, 5.74) is 5.88. The topological polar surface area (TPSA) is 104 Å². The minimum Gasteiger partial charge on any atom is -0.424 e. The highest BCUT2D eigenvalue weighted by Gasteiger charge is 2.15. The molecule has 0 bridgehead atoms. The predicted octanol–water partition coefficient (Wildman–Crippen LogP) is 2.07. The second-order valence-corrected chi connectivity index (χ2v) is 3.52. The van der Waals surface area contributed by atoms with Crippen molar-refractivity contribution in [2.75, 3.05) is 5.73 Å². The molecule has 0 radical (unpaired) electrons. The van der Waals surface area contributed by atoms with Crippen molar-refractivity contribution in [2.45, 2.75) is 6.92 Å². The Hall–Kier alpha value is -2.70. The number of aromatic nitrogens is 2. The van der Waals surface area contributed by atoms with Gasteiger partial charge in [0, 0.05) is 12.3 Å². The summed E-state index contributed by atoms with van der Waals surface area (Å²) >= 11 is 0. The van der Waals surface area contributed by atoms with Crippen LogP contribution >= 0.6 is 0 Å². The minimum absolute atomic E-state index is 0.0172. The van der Waals surface area contributed by atoms with Crippen LogP contribution in [0.25, 0.3) is 0 Å². The molecule has 92 valence electrons. The van der Waals surface area contributed by atoms with Gasteiger partial charge in [-0.25, -0.2) is 4.98 Å². The molecule has 0 saturated carbocycles. The summed E-state index contributed by atoms with van der Waals surface area (Å²) in [7, 11) is 0. The van der Waals surface area contributed by atoms with Crippen LogP contribution < -0.4 is 10.5 Å². The normalized spacial score (nSPS) is 10.1. The number of nitro benzene ring substituents is 1. The number of nitrogens with zero attached hydrogens (tertiary/aromatic N) is 3. The molecular weight excluding hydrogens is 236 g/mol. The summed E-state index contributed by atoms with van der Waals surface area (Å²) in [5.74, 6) is 0.595. The fraction of sp³-hybridized carbons (Fsp3) is 0.0909. The van der Waals surface area contributed by atoms with E-state index in [9.17, 15) is 10.1 Å². The smallest absolute Gasteiger partial charge is 0.323 e. The molecule has 18 heavy (non-hydrogen) atoms. The molecular formula is C11H10N4O3. The third-order valence-corrected chi connectivity index (χ3v) is 2.31. The molecule has 2 rings (SSSR count). The lowest BCUT2D eigenvalue weighted by Gasteiger charge is -2.06. The summed E-state index contributed by atoms with van der Waals surface area (Å²) in [5, 5.41) is 10.8. The van der Waals surface area contributed by atoms with Crippen LogP contribution in [0.1, 0.15) is 5.56 Å². The highest BCUT2D eigenvalue weighted by atomic mass is 16.6. The first-order chi connectivity index (χ1) is 8.58. The molecule has 0 aliphatic rings. The lowest BCUT2D eigenvalue weighted by molar-refractivity contribution is -0.385. The molecule has 0 spiro atoms. The summed E-state index contributed by atoms with van der Waals surface area (Å²) < 4.78 is 5.37. The van der Waals surface area contributed by atoms with Gasteiger partial charge in [-0.3, -0.25) is 10.1 Å². The van der Waals surface area contributed by atoms with Crippen molar-refractivity contribution in [3.05, 3.63) is 46.1 Å². The van der Waals surface area contributed by atoms with E-state index in [0.717, 1.165) is 0 Å². The number of nitrogen functional groups attached to an aromatic ring is 1. The van der Waals surface area contributed by atoms with Gasteiger partial charge >= 0.3 is 6.01 Å². The zero-order valence-corrected chi connectivity index (χ0v) is 9.53. The van der Waals surface area contributed by atoms with Crippen LogP contribution in [-0.4, -0.2) is 14.9 Å². The average molecular weight is 246 g/mol. The number of nitrogens with two attached hydrogens (primary N) is 1.